The maximum absolute atomic E-state index is 9.67. The minimum atomic E-state index is -1.06. The molecule has 0 aromatic carbocycles. The number of carboxylic acids is 1. The van der Waals surface area contributed by atoms with E-state index in [0.717, 1.165) is 0 Å². The number of hydrogen-bond acceptors (Lipinski definition) is 2. The van der Waals surface area contributed by atoms with E-state index < -0.39 is 5.97 Å². The van der Waals surface area contributed by atoms with Gasteiger partial charge in [-0.1, -0.05) is 0 Å². The summed E-state index contributed by atoms with van der Waals surface area (Å²) in [6.45, 7) is 3.21. The first-order valence-electron chi connectivity index (χ1n) is 2.22. The van der Waals surface area contributed by atoms with E-state index in [1.54, 1.807) is 0 Å². The van der Waals surface area contributed by atoms with Crippen LogP contribution in [0.1, 0.15) is 12.8 Å². The van der Waals surface area contributed by atoms with Crippen molar-refractivity contribution >= 4 is 5.97 Å². The molecule has 0 heterocycles. The van der Waals surface area contributed by atoms with Crippen LogP contribution < -0.4 is 5.11 Å². The molecule has 2 heteroatoms. The lowest BCUT2D eigenvalue weighted by molar-refractivity contribution is -0.305. The summed E-state index contributed by atoms with van der Waals surface area (Å²) in [7, 11) is 0. The minimum absolute atomic E-state index is 0.00250. The second-order valence-corrected chi connectivity index (χ2v) is 1.23. The van der Waals surface area contributed by atoms with E-state index in [2.05, 4.69) is 18.8 Å². The zero-order valence-corrected chi connectivity index (χ0v) is 4.44. The molecule has 42 valence electrons. The fourth-order valence-corrected chi connectivity index (χ4v) is 0.253. The lowest BCUT2D eigenvalue weighted by Gasteiger charge is -1.89. The van der Waals surface area contributed by atoms with Crippen LogP contribution in [0.3, 0.4) is 0 Å². The lowest BCUT2D eigenvalue weighted by Crippen LogP contribution is -2.21. The highest BCUT2D eigenvalue weighted by molar-refractivity contribution is 5.64. The van der Waals surface area contributed by atoms with Gasteiger partial charge in [0.15, 0.2) is 0 Å². The highest BCUT2D eigenvalue weighted by Crippen LogP contribution is 1.81. The molecule has 0 N–H and O–H groups in total. The molecule has 0 aliphatic heterocycles. The van der Waals surface area contributed by atoms with Gasteiger partial charge in [0.25, 0.3) is 0 Å². The van der Waals surface area contributed by atoms with Gasteiger partial charge in [-0.05, 0) is 0 Å². The van der Waals surface area contributed by atoms with Gasteiger partial charge in [0.1, 0.15) is 18.3 Å². The molecule has 0 aromatic heterocycles. The van der Waals surface area contributed by atoms with Crippen LogP contribution in [0.15, 0.2) is 0 Å². The first-order chi connectivity index (χ1) is 3.77. The van der Waals surface area contributed by atoms with Gasteiger partial charge in [0, 0.05) is 12.4 Å². The smallest absolute Gasteiger partial charge is 0.135 e. The molecule has 0 atom stereocenters. The van der Waals surface area contributed by atoms with Gasteiger partial charge in [0.05, 0.1) is 6.92 Å². The molecule has 0 radical (unpaired) electrons. The van der Waals surface area contributed by atoms with Crippen molar-refractivity contribution in [2.45, 2.75) is 12.8 Å². The van der Waals surface area contributed by atoms with Crippen LogP contribution in [0.4, 0.5) is 0 Å². The zero-order valence-electron chi connectivity index (χ0n) is 4.44. The average Bonchev–Trinajstić information content (AvgIpc) is 1.66. The van der Waals surface area contributed by atoms with Crippen LogP contribution >= 0.6 is 0 Å². The molecule has 0 aromatic rings. The van der Waals surface area contributed by atoms with E-state index in [-0.39, 0.29) is 6.42 Å². The first kappa shape index (κ1) is 6.90. The third-order valence-corrected chi connectivity index (χ3v) is 0.579. The third kappa shape index (κ3) is 4.90. The van der Waals surface area contributed by atoms with Gasteiger partial charge < -0.3 is 9.90 Å². The Morgan fingerprint density at radius 2 is 2.38 bits per heavy atom. The number of carbonyl (C=O) groups excluding carboxylic acids is 1. The Morgan fingerprint density at radius 3 is 2.75 bits per heavy atom. The molecule has 0 saturated carbocycles. The molecule has 8 heavy (non-hydrogen) atoms. The number of carboxylic acid groups (broad SMARTS) is 1. The van der Waals surface area contributed by atoms with E-state index in [1.807, 2.05) is 0 Å². The molecule has 0 aliphatic rings. The Balaban J connectivity index is 3.14. The minimum Gasteiger partial charge on any atom is -0.550 e. The summed E-state index contributed by atoms with van der Waals surface area (Å²) in [5, 5.41) is 9.67. The molecule has 0 amide bonds. The van der Waals surface area contributed by atoms with Crippen molar-refractivity contribution in [3.8, 4) is 11.8 Å². The predicted octanol–water partition coefficient (Wildman–Crippen LogP) is -0.646. The zero-order chi connectivity index (χ0) is 6.41. The highest BCUT2D eigenvalue weighted by Gasteiger charge is 1.84. The largest absolute Gasteiger partial charge is 0.550 e. The van der Waals surface area contributed by atoms with Crippen LogP contribution in [-0.2, 0) is 4.79 Å². The highest BCUT2D eigenvalue weighted by atomic mass is 16.4. The topological polar surface area (TPSA) is 40.1 Å². The molecule has 0 saturated heterocycles. The van der Waals surface area contributed by atoms with Crippen molar-refractivity contribution in [3.63, 3.8) is 0 Å². The van der Waals surface area contributed by atoms with Gasteiger partial charge in [-0.2, -0.15) is 0 Å². The second kappa shape index (κ2) is 4.07. The molecular weight excluding hydrogens is 104 g/mol. The fourth-order valence-electron chi connectivity index (χ4n) is 0.253. The standard InChI is InChI=1S/C6H6O2/c1-2-3-4-5-6(7)8/h1,4-5H2. The summed E-state index contributed by atoms with van der Waals surface area (Å²) in [5.74, 6) is 3.77. The van der Waals surface area contributed by atoms with Gasteiger partial charge in [0.2, 0.25) is 0 Å². The van der Waals surface area contributed by atoms with Crippen LogP contribution in [-0.4, -0.2) is 5.97 Å². The van der Waals surface area contributed by atoms with Crippen LogP contribution in [0.2, 0.25) is 0 Å². The number of rotatable bonds is 2. The molecule has 0 fully saturated rings. The SMILES string of the molecule is [CH2+]C#CCCC(=O)[O-]. The van der Waals surface area contributed by atoms with E-state index in [0.29, 0.717) is 6.42 Å². The van der Waals surface area contributed by atoms with E-state index >= 15 is 0 Å². The maximum atomic E-state index is 9.67. The Hall–Kier alpha value is -1.10. The Bertz CT molecular complexity index is 127. The Labute approximate surface area is 48.5 Å². The monoisotopic (exact) mass is 110 g/mol. The quantitative estimate of drug-likeness (QED) is 0.350. The van der Waals surface area contributed by atoms with E-state index in [4.69, 9.17) is 0 Å². The summed E-state index contributed by atoms with van der Waals surface area (Å²) in [4.78, 5) is 9.67. The number of aliphatic carboxylic acids is 1. The van der Waals surface area contributed by atoms with Crippen LogP contribution in [0.5, 0.6) is 0 Å². The molecule has 0 rings (SSSR count). The van der Waals surface area contributed by atoms with Gasteiger partial charge in [-0.15, -0.1) is 0 Å². The molecule has 0 unspecified atom stereocenters. The Kier molecular flexibility index (Phi) is 3.51. The molecule has 0 aliphatic carbocycles. The summed E-state index contributed by atoms with van der Waals surface area (Å²) >= 11 is 0. The maximum Gasteiger partial charge on any atom is 0.135 e. The molecule has 0 spiro atoms. The number of hydrogen-bond donors (Lipinski definition) is 0. The lowest BCUT2D eigenvalue weighted by atomic mass is 10.3. The Morgan fingerprint density at radius 1 is 1.75 bits per heavy atom. The van der Waals surface area contributed by atoms with Crippen LogP contribution in [0, 0.1) is 18.8 Å². The molecular formula is C6H6O2. The van der Waals surface area contributed by atoms with Crippen molar-refractivity contribution in [2.24, 2.45) is 0 Å². The normalized spacial score (nSPS) is 7.00. The van der Waals surface area contributed by atoms with Crippen molar-refractivity contribution in [1.82, 2.24) is 0 Å². The summed E-state index contributed by atoms with van der Waals surface area (Å²) in [5.41, 5.74) is 0. The molecule has 0 bridgehead atoms. The summed E-state index contributed by atoms with van der Waals surface area (Å²) < 4.78 is 0. The second-order valence-electron chi connectivity index (χ2n) is 1.23. The van der Waals surface area contributed by atoms with Gasteiger partial charge in [-0.3, -0.25) is 0 Å². The van der Waals surface area contributed by atoms with Gasteiger partial charge >= 0.3 is 0 Å². The van der Waals surface area contributed by atoms with Crippen molar-refractivity contribution in [3.05, 3.63) is 6.92 Å². The average molecular weight is 110 g/mol. The van der Waals surface area contributed by atoms with Crippen molar-refractivity contribution < 1.29 is 9.90 Å². The fraction of sp³-hybridized carbons (Fsp3) is 0.333. The molecule has 2 nitrogen and oxygen atoms in total. The van der Waals surface area contributed by atoms with Gasteiger partial charge in [-0.25, -0.2) is 0 Å². The van der Waals surface area contributed by atoms with Crippen molar-refractivity contribution in [2.75, 3.05) is 0 Å². The van der Waals surface area contributed by atoms with E-state index in [9.17, 15) is 9.90 Å². The third-order valence-electron chi connectivity index (χ3n) is 0.579. The van der Waals surface area contributed by atoms with Crippen LogP contribution in [0.25, 0.3) is 0 Å². The number of carbonyl (C=O) groups is 1. The predicted molar refractivity (Wildman–Crippen MR) is 27.4 cm³/mol. The van der Waals surface area contributed by atoms with E-state index in [1.165, 1.54) is 0 Å². The summed E-state index contributed by atoms with van der Waals surface area (Å²) in [6, 6.07) is 0. The first-order valence-corrected chi connectivity index (χ1v) is 2.22. The summed E-state index contributed by atoms with van der Waals surface area (Å²) in [6.07, 6.45) is 0.342. The van der Waals surface area contributed by atoms with Crippen molar-refractivity contribution in [1.29, 1.82) is 0 Å².